The number of hydrogen-bond donors (Lipinski definition) is 1. The van der Waals surface area contributed by atoms with Gasteiger partial charge in [-0.15, -0.1) is 10.2 Å². The summed E-state index contributed by atoms with van der Waals surface area (Å²) in [6.07, 6.45) is 1.85. The molecule has 0 fully saturated rings. The minimum absolute atomic E-state index is 0.0695. The molecule has 2 heterocycles. The Labute approximate surface area is 171 Å². The Bertz CT molecular complexity index is 932. The fourth-order valence-corrected chi connectivity index (χ4v) is 4.04. The van der Waals surface area contributed by atoms with E-state index in [1.54, 1.807) is 17.2 Å². The van der Waals surface area contributed by atoms with Gasteiger partial charge in [0.15, 0.2) is 4.34 Å². The Morgan fingerprint density at radius 2 is 2.14 bits per heavy atom. The van der Waals surface area contributed by atoms with Crippen molar-refractivity contribution in [3.8, 4) is 6.07 Å². The van der Waals surface area contributed by atoms with E-state index in [1.807, 2.05) is 37.3 Å². The number of nitriles is 1. The van der Waals surface area contributed by atoms with Gasteiger partial charge in [-0.05, 0) is 31.2 Å². The van der Waals surface area contributed by atoms with Crippen molar-refractivity contribution in [1.82, 2.24) is 15.1 Å². The van der Waals surface area contributed by atoms with Crippen molar-refractivity contribution in [2.45, 2.75) is 24.2 Å². The van der Waals surface area contributed by atoms with Crippen molar-refractivity contribution in [2.24, 2.45) is 0 Å². The molecule has 2 aromatic heterocycles. The van der Waals surface area contributed by atoms with E-state index >= 15 is 0 Å². The molecule has 3 rings (SSSR count). The minimum atomic E-state index is -0.0695. The standard InChI is InChI=1S/C19H19N5O2S2/c1-14-5-7-15(8-6-14)21-18-22-23-19(28-18)27-13-17(25)24(10-3-9-20)12-16-4-2-11-26-16/h2,4-8,11H,3,10,12-13H2,1H3,(H,21,22). The number of aromatic nitrogens is 2. The lowest BCUT2D eigenvalue weighted by Gasteiger charge is -2.19. The molecule has 144 valence electrons. The minimum Gasteiger partial charge on any atom is -0.467 e. The third-order valence-electron chi connectivity index (χ3n) is 3.80. The number of nitrogens with one attached hydrogen (secondary N) is 1. The van der Waals surface area contributed by atoms with E-state index in [9.17, 15) is 4.79 Å². The third-order valence-corrected chi connectivity index (χ3v) is 5.76. The smallest absolute Gasteiger partial charge is 0.233 e. The molecule has 0 radical (unpaired) electrons. The number of anilines is 2. The number of carbonyl (C=O) groups is 1. The van der Waals surface area contributed by atoms with Gasteiger partial charge in [0.2, 0.25) is 11.0 Å². The summed E-state index contributed by atoms with van der Waals surface area (Å²) in [5.41, 5.74) is 2.13. The molecular weight excluding hydrogens is 394 g/mol. The van der Waals surface area contributed by atoms with Gasteiger partial charge in [-0.1, -0.05) is 40.8 Å². The van der Waals surface area contributed by atoms with Crippen LogP contribution < -0.4 is 5.32 Å². The fraction of sp³-hybridized carbons (Fsp3) is 0.263. The van der Waals surface area contributed by atoms with Crippen LogP contribution in [-0.2, 0) is 11.3 Å². The molecule has 9 heteroatoms. The van der Waals surface area contributed by atoms with Crippen LogP contribution in [0.15, 0.2) is 51.4 Å². The van der Waals surface area contributed by atoms with Gasteiger partial charge < -0.3 is 14.6 Å². The Morgan fingerprint density at radius 1 is 1.32 bits per heavy atom. The van der Waals surface area contributed by atoms with Crippen LogP contribution in [0.3, 0.4) is 0 Å². The molecule has 28 heavy (non-hydrogen) atoms. The van der Waals surface area contributed by atoms with Crippen LogP contribution >= 0.6 is 23.1 Å². The van der Waals surface area contributed by atoms with Crippen molar-refractivity contribution in [3.05, 3.63) is 54.0 Å². The van der Waals surface area contributed by atoms with Crippen LogP contribution in [0.25, 0.3) is 0 Å². The Kier molecular flexibility index (Phi) is 7.06. The first-order chi connectivity index (χ1) is 13.6. The molecule has 0 saturated carbocycles. The summed E-state index contributed by atoms with van der Waals surface area (Å²) >= 11 is 2.73. The van der Waals surface area contributed by atoms with E-state index in [2.05, 4.69) is 21.6 Å². The summed E-state index contributed by atoms with van der Waals surface area (Å²) < 4.78 is 6.02. The predicted octanol–water partition coefficient (Wildman–Crippen LogP) is 4.22. The molecule has 3 aromatic rings. The molecular formula is C19H19N5O2S2. The average Bonchev–Trinajstić information content (AvgIpc) is 3.37. The highest BCUT2D eigenvalue weighted by Gasteiger charge is 2.17. The van der Waals surface area contributed by atoms with Gasteiger partial charge in [0.25, 0.3) is 0 Å². The molecule has 0 spiro atoms. The number of thioether (sulfide) groups is 1. The summed E-state index contributed by atoms with van der Waals surface area (Å²) in [4.78, 5) is 14.2. The van der Waals surface area contributed by atoms with Gasteiger partial charge in [-0.25, -0.2) is 0 Å². The first-order valence-electron chi connectivity index (χ1n) is 8.61. The Balaban J connectivity index is 1.54. The van der Waals surface area contributed by atoms with E-state index < -0.39 is 0 Å². The number of amides is 1. The van der Waals surface area contributed by atoms with Crippen molar-refractivity contribution < 1.29 is 9.21 Å². The summed E-state index contributed by atoms with van der Waals surface area (Å²) in [6.45, 7) is 2.75. The molecule has 1 amide bonds. The summed E-state index contributed by atoms with van der Waals surface area (Å²) in [5, 5.41) is 21.0. The second-order valence-electron chi connectivity index (χ2n) is 5.96. The second kappa shape index (κ2) is 9.92. The second-order valence-corrected chi connectivity index (χ2v) is 8.16. The zero-order valence-electron chi connectivity index (χ0n) is 15.3. The van der Waals surface area contributed by atoms with Crippen LogP contribution in [0.2, 0.25) is 0 Å². The highest BCUT2D eigenvalue weighted by atomic mass is 32.2. The molecule has 0 unspecified atom stereocenters. The highest BCUT2D eigenvalue weighted by Crippen LogP contribution is 2.28. The van der Waals surface area contributed by atoms with Gasteiger partial charge >= 0.3 is 0 Å². The van der Waals surface area contributed by atoms with E-state index in [1.165, 1.54) is 28.7 Å². The number of aryl methyl sites for hydroxylation is 1. The van der Waals surface area contributed by atoms with E-state index in [0.29, 0.717) is 28.3 Å². The monoisotopic (exact) mass is 413 g/mol. The van der Waals surface area contributed by atoms with Gasteiger partial charge in [0.05, 0.1) is 31.1 Å². The first-order valence-corrected chi connectivity index (χ1v) is 10.4. The predicted molar refractivity (Wildman–Crippen MR) is 109 cm³/mol. The van der Waals surface area contributed by atoms with Gasteiger partial charge in [0.1, 0.15) is 5.76 Å². The molecule has 0 atom stereocenters. The number of nitrogens with zero attached hydrogens (tertiary/aromatic N) is 4. The van der Waals surface area contributed by atoms with E-state index in [-0.39, 0.29) is 18.1 Å². The van der Waals surface area contributed by atoms with Crippen LogP contribution in [-0.4, -0.2) is 33.3 Å². The number of carbonyl (C=O) groups excluding carboxylic acids is 1. The van der Waals surface area contributed by atoms with Crippen molar-refractivity contribution in [3.63, 3.8) is 0 Å². The lowest BCUT2D eigenvalue weighted by molar-refractivity contribution is -0.129. The van der Waals surface area contributed by atoms with Crippen molar-refractivity contribution in [1.29, 1.82) is 5.26 Å². The maximum Gasteiger partial charge on any atom is 0.233 e. The average molecular weight is 414 g/mol. The zero-order chi connectivity index (χ0) is 19.8. The molecule has 1 N–H and O–H groups in total. The summed E-state index contributed by atoms with van der Waals surface area (Å²) in [7, 11) is 0. The molecule has 0 aliphatic heterocycles. The van der Waals surface area contributed by atoms with Crippen molar-refractivity contribution >= 4 is 39.8 Å². The largest absolute Gasteiger partial charge is 0.467 e. The van der Waals surface area contributed by atoms with Crippen LogP contribution in [0.1, 0.15) is 17.7 Å². The number of benzene rings is 1. The number of rotatable bonds is 9. The van der Waals surface area contributed by atoms with Crippen LogP contribution in [0, 0.1) is 18.3 Å². The van der Waals surface area contributed by atoms with Crippen LogP contribution in [0.5, 0.6) is 0 Å². The Morgan fingerprint density at radius 3 is 2.86 bits per heavy atom. The molecule has 0 bridgehead atoms. The SMILES string of the molecule is Cc1ccc(Nc2nnc(SCC(=O)N(CCC#N)Cc3ccco3)s2)cc1. The van der Waals surface area contributed by atoms with Crippen molar-refractivity contribution in [2.75, 3.05) is 17.6 Å². The fourth-order valence-electron chi connectivity index (χ4n) is 2.36. The molecule has 0 aliphatic carbocycles. The first kappa shape index (κ1) is 19.9. The molecule has 7 nitrogen and oxygen atoms in total. The quantitative estimate of drug-likeness (QED) is 0.525. The molecule has 1 aromatic carbocycles. The maximum atomic E-state index is 12.6. The third kappa shape index (κ3) is 5.84. The summed E-state index contributed by atoms with van der Waals surface area (Å²) in [6, 6.07) is 13.7. The summed E-state index contributed by atoms with van der Waals surface area (Å²) in [5.74, 6) is 0.849. The molecule has 0 aliphatic rings. The van der Waals surface area contributed by atoms with Gasteiger partial charge in [-0.3, -0.25) is 4.79 Å². The highest BCUT2D eigenvalue weighted by molar-refractivity contribution is 8.01. The normalized spacial score (nSPS) is 10.4. The topological polar surface area (TPSA) is 95.0 Å². The van der Waals surface area contributed by atoms with Crippen LogP contribution in [0.4, 0.5) is 10.8 Å². The van der Waals surface area contributed by atoms with Gasteiger partial charge in [0, 0.05) is 12.2 Å². The van der Waals surface area contributed by atoms with E-state index in [0.717, 1.165) is 5.69 Å². The molecule has 0 saturated heterocycles. The maximum absolute atomic E-state index is 12.6. The van der Waals surface area contributed by atoms with Gasteiger partial charge in [-0.2, -0.15) is 5.26 Å². The Hall–Kier alpha value is -2.83. The lowest BCUT2D eigenvalue weighted by Crippen LogP contribution is -2.32. The van der Waals surface area contributed by atoms with E-state index in [4.69, 9.17) is 9.68 Å². The number of furan rings is 1. The zero-order valence-corrected chi connectivity index (χ0v) is 16.9. The lowest BCUT2D eigenvalue weighted by atomic mass is 10.2. The number of hydrogen-bond acceptors (Lipinski definition) is 8.